The molecule has 0 aromatic carbocycles. The first kappa shape index (κ1) is 23.6. The molecule has 9 heteroatoms. The van der Waals surface area contributed by atoms with E-state index in [4.69, 9.17) is 14.2 Å². The minimum atomic E-state index is -0.656. The highest BCUT2D eigenvalue weighted by atomic mass is 32.1. The molecule has 1 aromatic rings. The van der Waals surface area contributed by atoms with Gasteiger partial charge in [0, 0.05) is 6.42 Å². The number of amides is 1. The van der Waals surface area contributed by atoms with Crippen molar-refractivity contribution in [3.8, 4) is 0 Å². The Balaban J connectivity index is 2.91. The van der Waals surface area contributed by atoms with Gasteiger partial charge in [-0.2, -0.15) is 0 Å². The summed E-state index contributed by atoms with van der Waals surface area (Å²) in [4.78, 5) is 48.4. The van der Waals surface area contributed by atoms with Gasteiger partial charge < -0.3 is 19.5 Å². The van der Waals surface area contributed by atoms with E-state index in [2.05, 4.69) is 5.32 Å². The first-order valence-electron chi connectivity index (χ1n) is 9.14. The third-order valence-electron chi connectivity index (χ3n) is 3.63. The van der Waals surface area contributed by atoms with Crippen LogP contribution in [-0.2, 0) is 23.8 Å². The monoisotopic (exact) mass is 413 g/mol. The van der Waals surface area contributed by atoms with Gasteiger partial charge in [-0.15, -0.1) is 11.3 Å². The number of thiophene rings is 1. The predicted octanol–water partition coefficient (Wildman–Crippen LogP) is 3.33. The summed E-state index contributed by atoms with van der Waals surface area (Å²) in [7, 11) is 0. The summed E-state index contributed by atoms with van der Waals surface area (Å²) in [5.74, 6) is -1.97. The molecule has 0 aliphatic carbocycles. The quantitative estimate of drug-likeness (QED) is 0.463. The highest BCUT2D eigenvalue weighted by molar-refractivity contribution is 7.18. The third kappa shape index (κ3) is 6.95. The summed E-state index contributed by atoms with van der Waals surface area (Å²) in [6.07, 6.45) is 0.893. The standard InChI is InChI=1S/C19H27NO7S/c1-6-25-18(23)15-12(5)16(19(24)26-7-2)28-17(15)20-13(21)10-27-14(22)9-8-11(3)4/h11H,6-10H2,1-5H3,(H,20,21). The molecule has 1 aromatic heterocycles. The lowest BCUT2D eigenvalue weighted by molar-refractivity contribution is -0.147. The van der Waals surface area contributed by atoms with Gasteiger partial charge in [0.2, 0.25) is 0 Å². The molecule has 0 spiro atoms. The van der Waals surface area contributed by atoms with Gasteiger partial charge in [-0.05, 0) is 38.7 Å². The number of hydrogen-bond acceptors (Lipinski definition) is 8. The first-order chi connectivity index (χ1) is 13.2. The van der Waals surface area contributed by atoms with E-state index in [1.807, 2.05) is 13.8 Å². The minimum Gasteiger partial charge on any atom is -0.462 e. The lowest BCUT2D eigenvalue weighted by atomic mass is 10.1. The molecule has 0 aliphatic rings. The zero-order valence-electron chi connectivity index (χ0n) is 16.9. The van der Waals surface area contributed by atoms with Gasteiger partial charge in [-0.3, -0.25) is 9.59 Å². The largest absolute Gasteiger partial charge is 0.462 e. The van der Waals surface area contributed by atoms with E-state index in [0.29, 0.717) is 17.9 Å². The Bertz CT molecular complexity index is 724. The number of rotatable bonds is 10. The van der Waals surface area contributed by atoms with E-state index in [9.17, 15) is 19.2 Å². The molecule has 0 saturated heterocycles. The Morgan fingerprint density at radius 2 is 1.61 bits per heavy atom. The summed E-state index contributed by atoms with van der Waals surface area (Å²) in [6, 6.07) is 0. The molecule has 0 aliphatic heterocycles. The first-order valence-corrected chi connectivity index (χ1v) is 9.95. The van der Waals surface area contributed by atoms with Crippen LogP contribution in [0.1, 0.15) is 66.1 Å². The molecule has 0 atom stereocenters. The van der Waals surface area contributed by atoms with Crippen LogP contribution in [0.3, 0.4) is 0 Å². The number of anilines is 1. The van der Waals surface area contributed by atoms with Crippen molar-refractivity contribution in [1.82, 2.24) is 0 Å². The fourth-order valence-corrected chi connectivity index (χ4v) is 3.33. The Hall–Kier alpha value is -2.42. The van der Waals surface area contributed by atoms with E-state index in [-0.39, 0.29) is 35.1 Å². The average molecular weight is 413 g/mol. The van der Waals surface area contributed by atoms with Gasteiger partial charge in [0.15, 0.2) is 6.61 Å². The van der Waals surface area contributed by atoms with Crippen molar-refractivity contribution in [2.75, 3.05) is 25.1 Å². The smallest absolute Gasteiger partial charge is 0.348 e. The molecule has 1 heterocycles. The molecule has 1 N–H and O–H groups in total. The Kier molecular flexibility index (Phi) is 9.64. The zero-order valence-corrected chi connectivity index (χ0v) is 17.7. The molecule has 0 radical (unpaired) electrons. The number of carbonyl (C=O) groups is 4. The van der Waals surface area contributed by atoms with Gasteiger partial charge in [0.1, 0.15) is 9.88 Å². The lowest BCUT2D eigenvalue weighted by Crippen LogP contribution is -2.21. The molecule has 0 fully saturated rings. The maximum atomic E-state index is 12.3. The summed E-state index contributed by atoms with van der Waals surface area (Å²) < 4.78 is 14.9. The second-order valence-electron chi connectivity index (χ2n) is 6.34. The third-order valence-corrected chi connectivity index (χ3v) is 4.82. The van der Waals surface area contributed by atoms with Gasteiger partial charge in [0.25, 0.3) is 5.91 Å². The van der Waals surface area contributed by atoms with Crippen LogP contribution in [0.4, 0.5) is 5.00 Å². The van der Waals surface area contributed by atoms with Crippen molar-refractivity contribution in [1.29, 1.82) is 0 Å². The van der Waals surface area contributed by atoms with Crippen molar-refractivity contribution >= 4 is 40.2 Å². The van der Waals surface area contributed by atoms with Crippen LogP contribution >= 0.6 is 11.3 Å². The zero-order chi connectivity index (χ0) is 21.3. The van der Waals surface area contributed by atoms with Crippen molar-refractivity contribution in [2.24, 2.45) is 5.92 Å². The van der Waals surface area contributed by atoms with E-state index in [0.717, 1.165) is 11.3 Å². The Morgan fingerprint density at radius 3 is 2.18 bits per heavy atom. The normalized spacial score (nSPS) is 10.5. The lowest BCUT2D eigenvalue weighted by Gasteiger charge is -2.08. The van der Waals surface area contributed by atoms with Crippen molar-refractivity contribution in [3.63, 3.8) is 0 Å². The van der Waals surface area contributed by atoms with E-state index in [1.165, 1.54) is 0 Å². The van der Waals surface area contributed by atoms with Crippen molar-refractivity contribution < 1.29 is 33.4 Å². The maximum absolute atomic E-state index is 12.3. The molecule has 156 valence electrons. The highest BCUT2D eigenvalue weighted by Gasteiger charge is 2.27. The minimum absolute atomic E-state index is 0.0920. The summed E-state index contributed by atoms with van der Waals surface area (Å²) >= 11 is 0.917. The molecule has 0 bridgehead atoms. The number of hydrogen-bond donors (Lipinski definition) is 1. The molecule has 28 heavy (non-hydrogen) atoms. The van der Waals surface area contributed by atoms with Gasteiger partial charge in [-0.1, -0.05) is 13.8 Å². The second kappa shape index (κ2) is 11.4. The van der Waals surface area contributed by atoms with Gasteiger partial charge in [0.05, 0.1) is 18.8 Å². The molecule has 0 saturated carbocycles. The highest BCUT2D eigenvalue weighted by Crippen LogP contribution is 2.34. The Labute approximate surface area is 168 Å². The molecule has 1 amide bonds. The number of nitrogens with one attached hydrogen (secondary N) is 1. The number of carbonyl (C=O) groups excluding carboxylic acids is 4. The van der Waals surface area contributed by atoms with Crippen molar-refractivity contribution in [3.05, 3.63) is 16.0 Å². The van der Waals surface area contributed by atoms with Crippen LogP contribution in [0.2, 0.25) is 0 Å². The van der Waals surface area contributed by atoms with Crippen LogP contribution in [0.25, 0.3) is 0 Å². The van der Waals surface area contributed by atoms with Gasteiger partial charge in [-0.25, -0.2) is 9.59 Å². The Morgan fingerprint density at radius 1 is 1.00 bits per heavy atom. The summed E-state index contributed by atoms with van der Waals surface area (Å²) in [6.45, 7) is 8.71. The van der Waals surface area contributed by atoms with Crippen LogP contribution in [0.15, 0.2) is 0 Å². The SMILES string of the molecule is CCOC(=O)c1sc(NC(=O)COC(=O)CCC(C)C)c(C(=O)OCC)c1C. The van der Waals surface area contributed by atoms with Crippen LogP contribution in [0.5, 0.6) is 0 Å². The molecule has 0 unspecified atom stereocenters. The van der Waals surface area contributed by atoms with Crippen LogP contribution in [-0.4, -0.2) is 43.6 Å². The maximum Gasteiger partial charge on any atom is 0.348 e. The molecular formula is C19H27NO7S. The molecule has 1 rings (SSSR count). The van der Waals surface area contributed by atoms with Gasteiger partial charge >= 0.3 is 17.9 Å². The van der Waals surface area contributed by atoms with Crippen LogP contribution < -0.4 is 5.32 Å². The topological polar surface area (TPSA) is 108 Å². The van der Waals surface area contributed by atoms with E-state index >= 15 is 0 Å². The van der Waals surface area contributed by atoms with E-state index < -0.39 is 30.4 Å². The van der Waals surface area contributed by atoms with Crippen molar-refractivity contribution in [2.45, 2.75) is 47.5 Å². The predicted molar refractivity (Wildman–Crippen MR) is 105 cm³/mol. The fraction of sp³-hybridized carbons (Fsp3) is 0.579. The number of esters is 3. The molecular weight excluding hydrogens is 386 g/mol. The van der Waals surface area contributed by atoms with E-state index in [1.54, 1.807) is 20.8 Å². The summed E-state index contributed by atoms with van der Waals surface area (Å²) in [5, 5.41) is 2.68. The second-order valence-corrected chi connectivity index (χ2v) is 7.36. The fourth-order valence-electron chi connectivity index (χ4n) is 2.23. The summed E-state index contributed by atoms with van der Waals surface area (Å²) in [5.41, 5.74) is 0.459. The average Bonchev–Trinajstić information content (AvgIpc) is 2.94. The molecule has 8 nitrogen and oxygen atoms in total. The number of ether oxygens (including phenoxy) is 3. The van der Waals surface area contributed by atoms with Crippen LogP contribution in [0, 0.1) is 12.8 Å².